The molecule has 21 heavy (non-hydrogen) atoms. The molecule has 0 aliphatic carbocycles. The van der Waals surface area contributed by atoms with Crippen LogP contribution in [0.1, 0.15) is 12.5 Å². The standard InChI is InChI=1S/C14H11BrCl2N4/c1-2-19-13-10(16)6-11(17)14(21-13)20-12-5-9(15)4-3-8(12)7-18/h3-6H,2H2,1H3,(H2,19,20,21). The fourth-order valence-electron chi connectivity index (χ4n) is 1.69. The van der Waals surface area contributed by atoms with Gasteiger partial charge in [-0.3, -0.25) is 0 Å². The SMILES string of the molecule is CCNc1nc(Nc2cc(Br)ccc2C#N)c(Cl)cc1Cl. The van der Waals surface area contributed by atoms with Crippen LogP contribution < -0.4 is 10.6 Å². The van der Waals surface area contributed by atoms with Crippen molar-refractivity contribution < 1.29 is 0 Å². The Bertz CT molecular complexity index is 713. The summed E-state index contributed by atoms with van der Waals surface area (Å²) in [5.41, 5.74) is 1.11. The fraction of sp³-hybridized carbons (Fsp3) is 0.143. The van der Waals surface area contributed by atoms with E-state index in [0.29, 0.717) is 39.5 Å². The highest BCUT2D eigenvalue weighted by atomic mass is 79.9. The van der Waals surface area contributed by atoms with Crippen LogP contribution in [0.4, 0.5) is 17.3 Å². The maximum Gasteiger partial charge on any atom is 0.151 e. The van der Waals surface area contributed by atoms with Crippen LogP contribution in [0.2, 0.25) is 10.0 Å². The number of nitriles is 1. The van der Waals surface area contributed by atoms with Crippen molar-refractivity contribution in [3.8, 4) is 6.07 Å². The van der Waals surface area contributed by atoms with Gasteiger partial charge in [-0.1, -0.05) is 39.1 Å². The van der Waals surface area contributed by atoms with Crippen LogP contribution in [0.5, 0.6) is 0 Å². The van der Waals surface area contributed by atoms with E-state index in [1.165, 1.54) is 0 Å². The Kier molecular flexibility index (Phi) is 5.29. The first-order chi connectivity index (χ1) is 10.0. The van der Waals surface area contributed by atoms with Crippen molar-refractivity contribution in [3.63, 3.8) is 0 Å². The maximum atomic E-state index is 9.15. The molecule has 0 amide bonds. The smallest absolute Gasteiger partial charge is 0.151 e. The van der Waals surface area contributed by atoms with Crippen molar-refractivity contribution in [1.82, 2.24) is 4.98 Å². The molecule has 0 aliphatic heterocycles. The quantitative estimate of drug-likeness (QED) is 0.759. The number of nitrogens with one attached hydrogen (secondary N) is 2. The van der Waals surface area contributed by atoms with Gasteiger partial charge in [0.15, 0.2) is 5.82 Å². The zero-order chi connectivity index (χ0) is 15.4. The van der Waals surface area contributed by atoms with Crippen LogP contribution in [0.25, 0.3) is 0 Å². The van der Waals surface area contributed by atoms with Crippen molar-refractivity contribution in [2.75, 3.05) is 17.2 Å². The highest BCUT2D eigenvalue weighted by Crippen LogP contribution is 2.32. The third-order valence-electron chi connectivity index (χ3n) is 2.63. The lowest BCUT2D eigenvalue weighted by atomic mass is 10.2. The maximum absolute atomic E-state index is 9.15. The predicted molar refractivity (Wildman–Crippen MR) is 90.6 cm³/mol. The number of nitrogens with zero attached hydrogens (tertiary/aromatic N) is 2. The number of pyridine rings is 1. The summed E-state index contributed by atoms with van der Waals surface area (Å²) >= 11 is 15.6. The average Bonchev–Trinajstić information content (AvgIpc) is 2.44. The van der Waals surface area contributed by atoms with Crippen molar-refractivity contribution in [2.24, 2.45) is 0 Å². The van der Waals surface area contributed by atoms with E-state index < -0.39 is 0 Å². The highest BCUT2D eigenvalue weighted by molar-refractivity contribution is 9.10. The van der Waals surface area contributed by atoms with Crippen LogP contribution in [0.3, 0.4) is 0 Å². The van der Waals surface area contributed by atoms with Gasteiger partial charge in [-0.25, -0.2) is 4.98 Å². The van der Waals surface area contributed by atoms with E-state index in [-0.39, 0.29) is 0 Å². The van der Waals surface area contributed by atoms with Gasteiger partial charge in [0.1, 0.15) is 11.9 Å². The number of rotatable bonds is 4. The second-order valence-corrected chi connectivity index (χ2v) is 5.84. The molecule has 108 valence electrons. The first-order valence-electron chi connectivity index (χ1n) is 6.11. The van der Waals surface area contributed by atoms with Crippen LogP contribution in [-0.4, -0.2) is 11.5 Å². The van der Waals surface area contributed by atoms with Gasteiger partial charge in [0.05, 0.1) is 21.3 Å². The zero-order valence-corrected chi connectivity index (χ0v) is 14.1. The van der Waals surface area contributed by atoms with E-state index in [9.17, 15) is 0 Å². The molecule has 1 aromatic heterocycles. The molecular formula is C14H11BrCl2N4. The lowest BCUT2D eigenvalue weighted by molar-refractivity contribution is 1.16. The monoisotopic (exact) mass is 384 g/mol. The molecule has 0 atom stereocenters. The highest BCUT2D eigenvalue weighted by Gasteiger charge is 2.11. The minimum absolute atomic E-state index is 0.380. The van der Waals surface area contributed by atoms with E-state index in [4.69, 9.17) is 28.5 Å². The Morgan fingerprint density at radius 1 is 1.24 bits per heavy atom. The van der Waals surface area contributed by atoms with E-state index in [1.807, 2.05) is 6.92 Å². The van der Waals surface area contributed by atoms with E-state index in [0.717, 1.165) is 4.47 Å². The summed E-state index contributed by atoms with van der Waals surface area (Å²) in [7, 11) is 0. The van der Waals surface area contributed by atoms with E-state index in [2.05, 4.69) is 37.6 Å². The zero-order valence-electron chi connectivity index (χ0n) is 11.0. The summed E-state index contributed by atoms with van der Waals surface area (Å²) < 4.78 is 0.848. The first kappa shape index (κ1) is 15.9. The second kappa shape index (κ2) is 6.99. The van der Waals surface area contributed by atoms with Crippen molar-refractivity contribution in [2.45, 2.75) is 6.92 Å². The number of benzene rings is 1. The van der Waals surface area contributed by atoms with Crippen molar-refractivity contribution >= 4 is 56.5 Å². The Labute approximate surface area is 141 Å². The molecule has 4 nitrogen and oxygen atoms in total. The minimum Gasteiger partial charge on any atom is -0.369 e. The number of halogens is 3. The molecule has 0 radical (unpaired) electrons. The summed E-state index contributed by atoms with van der Waals surface area (Å²) in [6, 6.07) is 9.03. The molecule has 0 unspecified atom stereocenters. The molecule has 1 heterocycles. The molecule has 2 N–H and O–H groups in total. The lowest BCUT2D eigenvalue weighted by Gasteiger charge is -2.12. The molecule has 0 fully saturated rings. The molecular weight excluding hydrogens is 375 g/mol. The Morgan fingerprint density at radius 3 is 2.62 bits per heavy atom. The minimum atomic E-state index is 0.380. The number of hydrogen-bond acceptors (Lipinski definition) is 4. The molecule has 2 aromatic rings. The van der Waals surface area contributed by atoms with Crippen molar-refractivity contribution in [1.29, 1.82) is 5.26 Å². The largest absolute Gasteiger partial charge is 0.369 e. The Balaban J connectivity index is 2.42. The van der Waals surface area contributed by atoms with E-state index in [1.54, 1.807) is 24.3 Å². The van der Waals surface area contributed by atoms with Gasteiger partial charge in [-0.2, -0.15) is 5.26 Å². The molecule has 0 spiro atoms. The fourth-order valence-corrected chi connectivity index (χ4v) is 2.52. The topological polar surface area (TPSA) is 60.7 Å². The molecule has 0 aliphatic rings. The summed E-state index contributed by atoms with van der Waals surface area (Å²) in [6.45, 7) is 2.63. The molecule has 1 aromatic carbocycles. The first-order valence-corrected chi connectivity index (χ1v) is 7.66. The van der Waals surface area contributed by atoms with Gasteiger partial charge in [0.25, 0.3) is 0 Å². The average molecular weight is 386 g/mol. The summed E-state index contributed by atoms with van der Waals surface area (Å²) in [5.74, 6) is 0.978. The van der Waals surface area contributed by atoms with Gasteiger partial charge in [-0.05, 0) is 31.2 Å². The van der Waals surface area contributed by atoms with Gasteiger partial charge in [0.2, 0.25) is 0 Å². The third-order valence-corrected chi connectivity index (χ3v) is 3.70. The summed E-state index contributed by atoms with van der Waals surface area (Å²) in [4.78, 5) is 4.35. The van der Waals surface area contributed by atoms with E-state index >= 15 is 0 Å². The summed E-state index contributed by atoms with van der Waals surface area (Å²) in [5, 5.41) is 16.1. The van der Waals surface area contributed by atoms with Crippen LogP contribution in [0.15, 0.2) is 28.7 Å². The molecule has 0 saturated carbocycles. The number of aromatic nitrogens is 1. The third kappa shape index (κ3) is 3.79. The van der Waals surface area contributed by atoms with Crippen LogP contribution >= 0.6 is 39.1 Å². The molecule has 0 saturated heterocycles. The van der Waals surface area contributed by atoms with Crippen LogP contribution in [0, 0.1) is 11.3 Å². The van der Waals surface area contributed by atoms with Gasteiger partial charge < -0.3 is 10.6 Å². The predicted octanol–water partition coefficient (Wildman–Crippen LogP) is 5.20. The number of hydrogen-bond donors (Lipinski definition) is 2. The van der Waals surface area contributed by atoms with Gasteiger partial charge >= 0.3 is 0 Å². The molecule has 2 rings (SSSR count). The Hall–Kier alpha value is -1.48. The van der Waals surface area contributed by atoms with Crippen molar-refractivity contribution in [3.05, 3.63) is 44.3 Å². The van der Waals surface area contributed by atoms with Crippen LogP contribution in [-0.2, 0) is 0 Å². The van der Waals surface area contributed by atoms with Gasteiger partial charge in [0, 0.05) is 11.0 Å². The molecule has 7 heteroatoms. The molecule has 0 bridgehead atoms. The normalized spacial score (nSPS) is 10.0. The Morgan fingerprint density at radius 2 is 1.95 bits per heavy atom. The van der Waals surface area contributed by atoms with Gasteiger partial charge in [-0.15, -0.1) is 0 Å². The number of anilines is 3. The summed E-state index contributed by atoms with van der Waals surface area (Å²) in [6.07, 6.45) is 0. The second-order valence-electron chi connectivity index (χ2n) is 4.11. The lowest BCUT2D eigenvalue weighted by Crippen LogP contribution is -2.04.